The first-order chi connectivity index (χ1) is 15.5. The normalized spacial score (nSPS) is 14.0. The number of hydrogen-bond donors (Lipinski definition) is 1. The van der Waals surface area contributed by atoms with Gasteiger partial charge in [-0.3, -0.25) is 14.5 Å². The molecule has 3 aromatic rings. The minimum atomic E-state index is -0.406. The number of carbonyl (C=O) groups is 2. The van der Waals surface area contributed by atoms with Gasteiger partial charge in [0.2, 0.25) is 5.91 Å². The number of rotatable bonds is 6. The highest BCUT2D eigenvalue weighted by atomic mass is 35.5. The fourth-order valence-electron chi connectivity index (χ4n) is 3.41. The van der Waals surface area contributed by atoms with Crippen molar-refractivity contribution in [3.05, 3.63) is 94.7 Å². The van der Waals surface area contributed by atoms with Crippen molar-refractivity contribution in [2.45, 2.75) is 6.54 Å². The Morgan fingerprint density at radius 1 is 1.09 bits per heavy atom. The van der Waals surface area contributed by atoms with Crippen molar-refractivity contribution >= 4 is 35.2 Å². The third kappa shape index (κ3) is 4.76. The van der Waals surface area contributed by atoms with E-state index >= 15 is 0 Å². The number of halogens is 1. The Kier molecular flexibility index (Phi) is 6.42. The van der Waals surface area contributed by atoms with Crippen LogP contribution >= 0.6 is 11.6 Å². The van der Waals surface area contributed by atoms with E-state index in [0.717, 1.165) is 11.1 Å². The number of benzene rings is 3. The SMILES string of the molecule is COc1ccccc1CNC(=O)CN1C(=O)/C(=C\c2cccc(Cl)c2)Oc2ccccc21. The van der Waals surface area contributed by atoms with Crippen LogP contribution in [-0.4, -0.2) is 25.5 Å². The number of nitrogens with zero attached hydrogens (tertiary/aromatic N) is 1. The number of ether oxygens (including phenoxy) is 2. The van der Waals surface area contributed by atoms with E-state index in [1.807, 2.05) is 36.4 Å². The summed E-state index contributed by atoms with van der Waals surface area (Å²) in [5.41, 5.74) is 2.10. The number of nitrogens with one attached hydrogen (secondary N) is 1. The van der Waals surface area contributed by atoms with Crippen molar-refractivity contribution in [3.8, 4) is 11.5 Å². The molecule has 0 fully saturated rings. The summed E-state index contributed by atoms with van der Waals surface area (Å²) in [5.74, 6) is 0.591. The summed E-state index contributed by atoms with van der Waals surface area (Å²) in [4.78, 5) is 27.3. The summed E-state index contributed by atoms with van der Waals surface area (Å²) in [6.45, 7) is 0.134. The maximum atomic E-state index is 13.2. The summed E-state index contributed by atoms with van der Waals surface area (Å²) >= 11 is 6.06. The zero-order valence-corrected chi connectivity index (χ0v) is 18.1. The van der Waals surface area contributed by atoms with E-state index in [4.69, 9.17) is 21.1 Å². The first-order valence-corrected chi connectivity index (χ1v) is 10.4. The molecule has 7 heteroatoms. The van der Waals surface area contributed by atoms with Gasteiger partial charge in [-0.1, -0.05) is 54.1 Å². The average Bonchev–Trinajstić information content (AvgIpc) is 2.80. The molecule has 4 rings (SSSR count). The van der Waals surface area contributed by atoms with Gasteiger partial charge in [-0.25, -0.2) is 0 Å². The van der Waals surface area contributed by atoms with Gasteiger partial charge in [0.15, 0.2) is 11.5 Å². The van der Waals surface area contributed by atoms with E-state index in [0.29, 0.717) is 22.2 Å². The molecule has 0 atom stereocenters. The largest absolute Gasteiger partial charge is 0.496 e. The molecule has 1 aliphatic rings. The van der Waals surface area contributed by atoms with Gasteiger partial charge < -0.3 is 14.8 Å². The van der Waals surface area contributed by atoms with E-state index in [1.165, 1.54) is 4.90 Å². The summed E-state index contributed by atoms with van der Waals surface area (Å²) in [6, 6.07) is 21.6. The standard InChI is InChI=1S/C25H21ClN2O4/c1-31-21-11-4-2-8-18(21)15-27-24(29)16-28-20-10-3-5-12-22(20)32-23(25(28)30)14-17-7-6-9-19(26)13-17/h2-14H,15-16H2,1H3,(H,27,29)/b23-14+. The van der Waals surface area contributed by atoms with Gasteiger partial charge in [-0.2, -0.15) is 0 Å². The van der Waals surface area contributed by atoms with Crippen molar-refractivity contribution in [2.75, 3.05) is 18.6 Å². The van der Waals surface area contributed by atoms with Gasteiger partial charge in [0.25, 0.3) is 5.91 Å². The van der Waals surface area contributed by atoms with Crippen LogP contribution in [0.5, 0.6) is 11.5 Å². The second-order valence-corrected chi connectivity index (χ2v) is 7.55. The lowest BCUT2D eigenvalue weighted by Crippen LogP contribution is -2.44. The molecule has 0 bridgehead atoms. The van der Waals surface area contributed by atoms with Crippen LogP contribution in [0.4, 0.5) is 5.69 Å². The minimum Gasteiger partial charge on any atom is -0.496 e. The summed E-state index contributed by atoms with van der Waals surface area (Å²) in [7, 11) is 1.58. The molecule has 2 amide bonds. The first kappa shape index (κ1) is 21.5. The van der Waals surface area contributed by atoms with E-state index in [1.54, 1.807) is 49.6 Å². The first-order valence-electron chi connectivity index (χ1n) is 10.00. The molecule has 0 spiro atoms. The van der Waals surface area contributed by atoms with Crippen LogP contribution in [0.3, 0.4) is 0 Å². The van der Waals surface area contributed by atoms with Gasteiger partial charge >= 0.3 is 0 Å². The molecule has 1 heterocycles. The van der Waals surface area contributed by atoms with Crippen LogP contribution in [-0.2, 0) is 16.1 Å². The average molecular weight is 449 g/mol. The predicted molar refractivity (Wildman–Crippen MR) is 124 cm³/mol. The number of anilines is 1. The molecule has 0 radical (unpaired) electrons. The van der Waals surface area contributed by atoms with Crippen molar-refractivity contribution in [1.82, 2.24) is 5.32 Å². The van der Waals surface area contributed by atoms with Gasteiger partial charge in [0.1, 0.15) is 12.3 Å². The zero-order valence-electron chi connectivity index (χ0n) is 17.4. The highest BCUT2D eigenvalue weighted by Gasteiger charge is 2.31. The lowest BCUT2D eigenvalue weighted by atomic mass is 10.1. The van der Waals surface area contributed by atoms with E-state index in [2.05, 4.69) is 5.32 Å². The molecule has 0 saturated heterocycles. The van der Waals surface area contributed by atoms with Gasteiger partial charge in [-0.05, 0) is 42.0 Å². The lowest BCUT2D eigenvalue weighted by Gasteiger charge is -2.30. The van der Waals surface area contributed by atoms with Crippen molar-refractivity contribution < 1.29 is 19.1 Å². The molecule has 0 aliphatic carbocycles. The second kappa shape index (κ2) is 9.58. The molecule has 0 aromatic heterocycles. The van der Waals surface area contributed by atoms with Gasteiger partial charge in [0.05, 0.1) is 12.8 Å². The summed E-state index contributed by atoms with van der Waals surface area (Å²) in [6.07, 6.45) is 1.61. The van der Waals surface area contributed by atoms with E-state index in [9.17, 15) is 9.59 Å². The third-order valence-corrected chi connectivity index (χ3v) is 5.18. The smallest absolute Gasteiger partial charge is 0.294 e. The molecule has 1 N–H and O–H groups in total. The molecule has 162 valence electrons. The maximum Gasteiger partial charge on any atom is 0.294 e. The summed E-state index contributed by atoms with van der Waals surface area (Å²) < 4.78 is 11.2. The fraction of sp³-hybridized carbons (Fsp3) is 0.120. The fourth-order valence-corrected chi connectivity index (χ4v) is 3.61. The lowest BCUT2D eigenvalue weighted by molar-refractivity contribution is -0.123. The second-order valence-electron chi connectivity index (χ2n) is 7.11. The molecule has 0 unspecified atom stereocenters. The Labute approximate surface area is 191 Å². The predicted octanol–water partition coefficient (Wildman–Crippen LogP) is 4.43. The van der Waals surface area contributed by atoms with Crippen LogP contribution in [0.2, 0.25) is 5.02 Å². The Morgan fingerprint density at radius 2 is 1.88 bits per heavy atom. The number of fused-ring (bicyclic) bond motifs is 1. The van der Waals surface area contributed by atoms with Crippen LogP contribution in [0.15, 0.2) is 78.6 Å². The third-order valence-electron chi connectivity index (χ3n) is 4.95. The Morgan fingerprint density at radius 3 is 2.69 bits per heavy atom. The number of amides is 2. The van der Waals surface area contributed by atoms with Crippen LogP contribution < -0.4 is 19.7 Å². The molecular weight excluding hydrogens is 428 g/mol. The topological polar surface area (TPSA) is 67.9 Å². The molecule has 3 aromatic carbocycles. The van der Waals surface area contributed by atoms with Crippen molar-refractivity contribution in [1.29, 1.82) is 0 Å². The Bertz CT molecular complexity index is 1190. The van der Waals surface area contributed by atoms with Crippen molar-refractivity contribution in [2.24, 2.45) is 0 Å². The monoisotopic (exact) mass is 448 g/mol. The molecule has 6 nitrogen and oxygen atoms in total. The number of carbonyl (C=O) groups excluding carboxylic acids is 2. The van der Waals surface area contributed by atoms with Crippen molar-refractivity contribution in [3.63, 3.8) is 0 Å². The number of hydrogen-bond acceptors (Lipinski definition) is 4. The maximum absolute atomic E-state index is 13.2. The van der Waals surface area contributed by atoms with E-state index < -0.39 is 5.91 Å². The van der Waals surface area contributed by atoms with Crippen LogP contribution in [0, 0.1) is 0 Å². The zero-order chi connectivity index (χ0) is 22.5. The molecular formula is C25H21ClN2O4. The molecule has 32 heavy (non-hydrogen) atoms. The summed E-state index contributed by atoms with van der Waals surface area (Å²) in [5, 5.41) is 3.41. The molecule has 1 aliphatic heterocycles. The van der Waals surface area contributed by atoms with Crippen LogP contribution in [0.1, 0.15) is 11.1 Å². The van der Waals surface area contributed by atoms with Gasteiger partial charge in [0, 0.05) is 17.1 Å². The van der Waals surface area contributed by atoms with Crippen LogP contribution in [0.25, 0.3) is 6.08 Å². The minimum absolute atomic E-state index is 0.114. The molecule has 0 saturated carbocycles. The number of methoxy groups -OCH3 is 1. The highest BCUT2D eigenvalue weighted by Crippen LogP contribution is 2.35. The highest BCUT2D eigenvalue weighted by molar-refractivity contribution is 6.30. The van der Waals surface area contributed by atoms with E-state index in [-0.39, 0.29) is 24.8 Å². The van der Waals surface area contributed by atoms with Gasteiger partial charge in [-0.15, -0.1) is 0 Å². The quantitative estimate of drug-likeness (QED) is 0.566. The number of para-hydroxylation sites is 3. The Hall–Kier alpha value is -3.77. The Balaban J connectivity index is 1.55.